The average molecular weight is 738 g/mol. The molecule has 1 heteroatoms. The van der Waals surface area contributed by atoms with Crippen LogP contribution in [-0.2, 0) is 5.41 Å². The molecule has 0 saturated carbocycles. The Morgan fingerprint density at radius 2 is 0.621 bits per heavy atom. The molecule has 1 aliphatic rings. The van der Waals surface area contributed by atoms with Gasteiger partial charge in [-0.25, -0.2) is 0 Å². The van der Waals surface area contributed by atoms with E-state index < -0.39 is 5.41 Å². The van der Waals surface area contributed by atoms with Gasteiger partial charge in [-0.2, -0.15) is 0 Å². The highest BCUT2D eigenvalue weighted by Crippen LogP contribution is 2.56. The van der Waals surface area contributed by atoms with Gasteiger partial charge in [0.25, 0.3) is 0 Å². The second kappa shape index (κ2) is 13.9. The minimum atomic E-state index is -0.450. The summed E-state index contributed by atoms with van der Waals surface area (Å²) in [6.45, 7) is 0. The summed E-state index contributed by atoms with van der Waals surface area (Å²) >= 11 is 0. The van der Waals surface area contributed by atoms with Gasteiger partial charge in [0.1, 0.15) is 0 Å². The lowest BCUT2D eigenvalue weighted by atomic mass is 9.67. The van der Waals surface area contributed by atoms with Crippen LogP contribution in [0.2, 0.25) is 0 Å². The molecule has 58 heavy (non-hydrogen) atoms. The summed E-state index contributed by atoms with van der Waals surface area (Å²) in [6.07, 6.45) is 0. The van der Waals surface area contributed by atoms with Gasteiger partial charge in [-0.05, 0) is 120 Å². The first kappa shape index (κ1) is 33.8. The maximum atomic E-state index is 2.42. The van der Waals surface area contributed by atoms with Gasteiger partial charge in [-0.3, -0.25) is 0 Å². The van der Waals surface area contributed by atoms with E-state index in [1.807, 2.05) is 0 Å². The lowest BCUT2D eigenvalue weighted by molar-refractivity contribution is 0.772. The summed E-state index contributed by atoms with van der Waals surface area (Å²) in [7, 11) is 0. The van der Waals surface area contributed by atoms with Gasteiger partial charge in [-0.15, -0.1) is 0 Å². The van der Waals surface area contributed by atoms with Crippen LogP contribution in [0.4, 0.5) is 17.1 Å². The summed E-state index contributed by atoms with van der Waals surface area (Å²) in [4.78, 5) is 2.35. The molecule has 0 fully saturated rings. The van der Waals surface area contributed by atoms with E-state index in [9.17, 15) is 0 Å². The molecule has 0 radical (unpaired) electrons. The van der Waals surface area contributed by atoms with Crippen LogP contribution in [0.15, 0.2) is 237 Å². The van der Waals surface area contributed by atoms with Gasteiger partial charge >= 0.3 is 0 Å². The van der Waals surface area contributed by atoms with Gasteiger partial charge in [-0.1, -0.05) is 194 Å². The van der Waals surface area contributed by atoms with Crippen LogP contribution in [0, 0.1) is 0 Å². The van der Waals surface area contributed by atoms with Gasteiger partial charge in [0.15, 0.2) is 0 Å². The third kappa shape index (κ3) is 5.47. The number of nitrogens with zero attached hydrogens (tertiary/aromatic N) is 1. The number of benzene rings is 10. The number of hydrogen-bond donors (Lipinski definition) is 0. The molecule has 1 aliphatic carbocycles. The zero-order chi connectivity index (χ0) is 38.5. The van der Waals surface area contributed by atoms with Crippen LogP contribution in [-0.4, -0.2) is 0 Å². The standard InChI is InChI=1S/C57H39N/c1-4-13-40(14-5-1)42-27-33-50(34-28-42)58(51-35-29-43(30-36-51)41-15-6-2-7-16-41)52-37-31-44(32-38-52)47-19-10-22-49(39-47)57(48-20-8-3-9-21-48)53-23-11-17-45-25-26-46-18-12-24-54(57)56(46)55(45)53/h1-39H. The fourth-order valence-electron chi connectivity index (χ4n) is 9.45. The Hall–Kier alpha value is -7.48. The third-order valence-electron chi connectivity index (χ3n) is 12.1. The lowest BCUT2D eigenvalue weighted by Gasteiger charge is -2.34. The topological polar surface area (TPSA) is 3.24 Å². The first-order valence-corrected chi connectivity index (χ1v) is 20.1. The molecule has 1 nitrogen and oxygen atoms in total. The molecule has 11 rings (SSSR count). The van der Waals surface area contributed by atoms with Crippen LogP contribution >= 0.6 is 0 Å². The smallest absolute Gasteiger partial charge is 0.0714 e. The van der Waals surface area contributed by atoms with Crippen molar-refractivity contribution in [2.75, 3.05) is 4.90 Å². The van der Waals surface area contributed by atoms with E-state index in [2.05, 4.69) is 241 Å². The fraction of sp³-hybridized carbons (Fsp3) is 0.0175. The van der Waals surface area contributed by atoms with Crippen molar-refractivity contribution >= 4 is 38.6 Å². The second-order valence-corrected chi connectivity index (χ2v) is 15.3. The Bertz CT molecular complexity index is 2910. The predicted octanol–water partition coefficient (Wildman–Crippen LogP) is 15.2. The van der Waals surface area contributed by atoms with Crippen molar-refractivity contribution in [1.29, 1.82) is 0 Å². The van der Waals surface area contributed by atoms with Crippen molar-refractivity contribution in [3.8, 4) is 33.4 Å². The first-order valence-electron chi connectivity index (χ1n) is 20.1. The summed E-state index contributed by atoms with van der Waals surface area (Å²) in [5.41, 5.74) is 15.3. The zero-order valence-electron chi connectivity index (χ0n) is 32.0. The van der Waals surface area contributed by atoms with Crippen molar-refractivity contribution in [3.05, 3.63) is 259 Å². The monoisotopic (exact) mass is 737 g/mol. The molecule has 0 amide bonds. The Labute approximate surface area is 339 Å². The van der Waals surface area contributed by atoms with Crippen LogP contribution in [0.5, 0.6) is 0 Å². The third-order valence-corrected chi connectivity index (χ3v) is 12.1. The van der Waals surface area contributed by atoms with E-state index in [0.717, 1.165) is 17.1 Å². The van der Waals surface area contributed by atoms with Crippen molar-refractivity contribution in [1.82, 2.24) is 0 Å². The molecule has 0 bridgehead atoms. The van der Waals surface area contributed by atoms with Gasteiger partial charge in [0.05, 0.1) is 5.41 Å². The molecule has 0 aliphatic heterocycles. The first-order chi connectivity index (χ1) is 28.8. The quantitative estimate of drug-likeness (QED) is 0.140. The average Bonchev–Trinajstić information content (AvgIpc) is 3.62. The Morgan fingerprint density at radius 1 is 0.259 bits per heavy atom. The van der Waals surface area contributed by atoms with Gasteiger partial charge < -0.3 is 4.90 Å². The van der Waals surface area contributed by atoms with Crippen molar-refractivity contribution in [2.24, 2.45) is 0 Å². The molecule has 0 saturated heterocycles. The molecule has 0 heterocycles. The van der Waals surface area contributed by atoms with Crippen molar-refractivity contribution in [2.45, 2.75) is 5.41 Å². The van der Waals surface area contributed by atoms with Crippen molar-refractivity contribution in [3.63, 3.8) is 0 Å². The maximum Gasteiger partial charge on any atom is 0.0714 e. The highest BCUT2D eigenvalue weighted by Gasteiger charge is 2.44. The molecular weight excluding hydrogens is 699 g/mol. The van der Waals surface area contributed by atoms with E-state index in [0.29, 0.717) is 0 Å². The van der Waals surface area contributed by atoms with E-state index in [-0.39, 0.29) is 0 Å². The highest BCUT2D eigenvalue weighted by molar-refractivity contribution is 6.16. The fourth-order valence-corrected chi connectivity index (χ4v) is 9.45. The Kier molecular flexibility index (Phi) is 8.12. The van der Waals surface area contributed by atoms with Crippen LogP contribution in [0.3, 0.4) is 0 Å². The molecule has 10 aromatic carbocycles. The maximum absolute atomic E-state index is 2.42. The number of rotatable bonds is 8. The predicted molar refractivity (Wildman–Crippen MR) is 244 cm³/mol. The Morgan fingerprint density at radius 3 is 1.09 bits per heavy atom. The number of anilines is 3. The summed E-state index contributed by atoms with van der Waals surface area (Å²) in [5, 5.41) is 5.30. The van der Waals surface area contributed by atoms with Crippen LogP contribution in [0.25, 0.3) is 54.9 Å². The SMILES string of the molecule is c1ccc(-c2ccc(N(c3ccc(-c4ccccc4)cc3)c3ccc(-c4cccc(C5(c6ccccc6)c6cccc7ccc8cccc5c8c67)c4)cc3)cc2)cc1. The molecule has 0 atom stereocenters. The minimum Gasteiger partial charge on any atom is -0.311 e. The minimum absolute atomic E-state index is 0.450. The van der Waals surface area contributed by atoms with E-state index in [1.54, 1.807) is 0 Å². The van der Waals surface area contributed by atoms with Crippen molar-refractivity contribution < 1.29 is 0 Å². The molecule has 272 valence electrons. The summed E-state index contributed by atoms with van der Waals surface area (Å²) in [6, 6.07) is 86.6. The van der Waals surface area contributed by atoms with Crippen LogP contribution < -0.4 is 4.90 Å². The largest absolute Gasteiger partial charge is 0.311 e. The van der Waals surface area contributed by atoms with E-state index >= 15 is 0 Å². The van der Waals surface area contributed by atoms with Gasteiger partial charge in [0.2, 0.25) is 0 Å². The molecule has 10 aromatic rings. The lowest BCUT2D eigenvalue weighted by Crippen LogP contribution is -2.28. The summed E-state index contributed by atoms with van der Waals surface area (Å²) in [5.74, 6) is 0. The van der Waals surface area contributed by atoms with Gasteiger partial charge in [0, 0.05) is 17.1 Å². The molecule has 0 N–H and O–H groups in total. The van der Waals surface area contributed by atoms with Crippen LogP contribution in [0.1, 0.15) is 22.3 Å². The highest BCUT2D eigenvalue weighted by atomic mass is 15.1. The van der Waals surface area contributed by atoms with E-state index in [4.69, 9.17) is 0 Å². The summed E-state index contributed by atoms with van der Waals surface area (Å²) < 4.78 is 0. The molecular formula is C57H39N. The van der Waals surface area contributed by atoms with E-state index in [1.165, 1.54) is 77.2 Å². The number of hydrogen-bond acceptors (Lipinski definition) is 1. The molecule has 0 spiro atoms. The molecule has 0 unspecified atom stereocenters. The Balaban J connectivity index is 1.01. The molecule has 0 aromatic heterocycles. The normalized spacial score (nSPS) is 12.6. The second-order valence-electron chi connectivity index (χ2n) is 15.3. The zero-order valence-corrected chi connectivity index (χ0v) is 32.0.